The lowest BCUT2D eigenvalue weighted by atomic mass is 10.2. The van der Waals surface area contributed by atoms with Crippen molar-refractivity contribution in [1.29, 1.82) is 0 Å². The summed E-state index contributed by atoms with van der Waals surface area (Å²) in [6, 6.07) is 6.70. The molecule has 1 aliphatic rings. The summed E-state index contributed by atoms with van der Waals surface area (Å²) in [4.78, 5) is 0. The maximum absolute atomic E-state index is 5.67. The summed E-state index contributed by atoms with van der Waals surface area (Å²) in [7, 11) is 0. The minimum absolute atomic E-state index is 0.683. The molecule has 0 spiro atoms. The van der Waals surface area contributed by atoms with Crippen LogP contribution in [0.25, 0.3) is 0 Å². The van der Waals surface area contributed by atoms with E-state index in [0.29, 0.717) is 6.04 Å². The van der Waals surface area contributed by atoms with E-state index in [9.17, 15) is 0 Å². The van der Waals surface area contributed by atoms with Crippen LogP contribution in [0.4, 0.5) is 11.4 Å². The van der Waals surface area contributed by atoms with Crippen LogP contribution >= 0.6 is 0 Å². The van der Waals surface area contributed by atoms with Crippen molar-refractivity contribution < 1.29 is 0 Å². The standard InChI is InChI=1S/C11H16N2/c1-7-5-9(12)3-4-10(7)13-11-6-8(11)2/h3-5,8,11,13H,6,12H2,1-2H3. The van der Waals surface area contributed by atoms with Gasteiger partial charge in [-0.15, -0.1) is 0 Å². The largest absolute Gasteiger partial charge is 0.399 e. The van der Waals surface area contributed by atoms with Gasteiger partial charge >= 0.3 is 0 Å². The molecule has 3 N–H and O–H groups in total. The Morgan fingerprint density at radius 2 is 2.15 bits per heavy atom. The molecule has 13 heavy (non-hydrogen) atoms. The number of benzene rings is 1. The molecule has 1 aliphatic carbocycles. The molecule has 0 amide bonds. The van der Waals surface area contributed by atoms with Crippen LogP contribution < -0.4 is 11.1 Å². The van der Waals surface area contributed by atoms with Gasteiger partial charge in [0.25, 0.3) is 0 Å². The highest BCUT2D eigenvalue weighted by molar-refractivity contribution is 5.58. The third kappa shape index (κ3) is 1.77. The molecule has 2 unspecified atom stereocenters. The van der Waals surface area contributed by atoms with Crippen molar-refractivity contribution in [3.63, 3.8) is 0 Å². The van der Waals surface area contributed by atoms with Crippen molar-refractivity contribution in [3.05, 3.63) is 23.8 Å². The van der Waals surface area contributed by atoms with Crippen LogP contribution in [0.3, 0.4) is 0 Å². The lowest BCUT2D eigenvalue weighted by Crippen LogP contribution is -2.04. The Balaban J connectivity index is 2.11. The van der Waals surface area contributed by atoms with Crippen molar-refractivity contribution in [1.82, 2.24) is 0 Å². The topological polar surface area (TPSA) is 38.0 Å². The summed E-state index contributed by atoms with van der Waals surface area (Å²) < 4.78 is 0. The number of nitrogens with one attached hydrogen (secondary N) is 1. The summed E-state index contributed by atoms with van der Waals surface area (Å²) in [6.45, 7) is 4.36. The minimum atomic E-state index is 0.683. The molecular formula is C11H16N2. The van der Waals surface area contributed by atoms with E-state index < -0.39 is 0 Å². The van der Waals surface area contributed by atoms with Gasteiger partial charge in [0, 0.05) is 17.4 Å². The average Bonchev–Trinajstić information content (AvgIpc) is 2.73. The lowest BCUT2D eigenvalue weighted by Gasteiger charge is -2.08. The normalized spacial score (nSPS) is 25.7. The molecule has 1 aromatic rings. The zero-order valence-electron chi connectivity index (χ0n) is 8.17. The molecule has 2 nitrogen and oxygen atoms in total. The Labute approximate surface area is 79.1 Å². The molecule has 2 rings (SSSR count). The summed E-state index contributed by atoms with van der Waals surface area (Å²) in [5.41, 5.74) is 8.97. The molecule has 0 bridgehead atoms. The molecule has 1 saturated carbocycles. The predicted molar refractivity (Wildman–Crippen MR) is 56.8 cm³/mol. The second kappa shape index (κ2) is 2.95. The molecule has 0 heterocycles. The van der Waals surface area contributed by atoms with Crippen LogP contribution in [0.15, 0.2) is 18.2 Å². The second-order valence-corrected chi connectivity index (χ2v) is 4.04. The smallest absolute Gasteiger partial charge is 0.0373 e. The first kappa shape index (κ1) is 8.42. The molecule has 0 aliphatic heterocycles. The van der Waals surface area contributed by atoms with Crippen LogP contribution in [-0.2, 0) is 0 Å². The Morgan fingerprint density at radius 1 is 1.46 bits per heavy atom. The fraction of sp³-hybridized carbons (Fsp3) is 0.455. The van der Waals surface area contributed by atoms with Crippen molar-refractivity contribution in [3.8, 4) is 0 Å². The Bertz CT molecular complexity index is 320. The van der Waals surface area contributed by atoms with Crippen molar-refractivity contribution >= 4 is 11.4 Å². The van der Waals surface area contributed by atoms with E-state index in [0.717, 1.165) is 11.6 Å². The minimum Gasteiger partial charge on any atom is -0.399 e. The number of anilines is 2. The molecule has 1 fully saturated rings. The van der Waals surface area contributed by atoms with Crippen molar-refractivity contribution in [2.24, 2.45) is 5.92 Å². The van der Waals surface area contributed by atoms with E-state index in [1.54, 1.807) is 0 Å². The highest BCUT2D eigenvalue weighted by atomic mass is 15.0. The van der Waals surface area contributed by atoms with E-state index in [-0.39, 0.29) is 0 Å². The predicted octanol–water partition coefficient (Wildman–Crippen LogP) is 2.40. The number of hydrogen-bond acceptors (Lipinski definition) is 2. The first-order chi connectivity index (χ1) is 6.16. The molecule has 2 atom stereocenters. The van der Waals surface area contributed by atoms with Gasteiger partial charge in [0.2, 0.25) is 0 Å². The zero-order chi connectivity index (χ0) is 9.42. The zero-order valence-corrected chi connectivity index (χ0v) is 8.17. The number of nitrogens with two attached hydrogens (primary N) is 1. The fourth-order valence-electron chi connectivity index (χ4n) is 1.57. The molecule has 1 aromatic carbocycles. The van der Waals surface area contributed by atoms with Gasteiger partial charge in [-0.1, -0.05) is 6.92 Å². The van der Waals surface area contributed by atoms with Gasteiger partial charge in [0.1, 0.15) is 0 Å². The van der Waals surface area contributed by atoms with Crippen molar-refractivity contribution in [2.45, 2.75) is 26.3 Å². The van der Waals surface area contributed by atoms with E-state index in [4.69, 9.17) is 5.73 Å². The Morgan fingerprint density at radius 3 is 2.69 bits per heavy atom. The second-order valence-electron chi connectivity index (χ2n) is 4.04. The summed E-state index contributed by atoms with van der Waals surface area (Å²) in [5.74, 6) is 0.831. The van der Waals surface area contributed by atoms with Crippen LogP contribution in [-0.4, -0.2) is 6.04 Å². The Hall–Kier alpha value is -1.18. The number of hydrogen-bond donors (Lipinski definition) is 2. The summed E-state index contributed by atoms with van der Waals surface area (Å²) in [6.07, 6.45) is 1.30. The molecule has 0 aromatic heterocycles. The Kier molecular flexibility index (Phi) is 1.91. The van der Waals surface area contributed by atoms with E-state index in [1.807, 2.05) is 12.1 Å². The maximum atomic E-state index is 5.67. The van der Waals surface area contributed by atoms with Gasteiger partial charge < -0.3 is 11.1 Å². The SMILES string of the molecule is Cc1cc(N)ccc1NC1CC1C. The number of aryl methyl sites for hydroxylation is 1. The lowest BCUT2D eigenvalue weighted by molar-refractivity contribution is 0.928. The number of nitrogen functional groups attached to an aromatic ring is 1. The first-order valence-corrected chi connectivity index (χ1v) is 4.79. The molecular weight excluding hydrogens is 160 g/mol. The van der Waals surface area contributed by atoms with Crippen LogP contribution in [0.2, 0.25) is 0 Å². The van der Waals surface area contributed by atoms with Crippen LogP contribution in [0.1, 0.15) is 18.9 Å². The summed E-state index contributed by atoms with van der Waals surface area (Å²) in [5, 5.41) is 3.51. The quantitative estimate of drug-likeness (QED) is 0.679. The summed E-state index contributed by atoms with van der Waals surface area (Å²) >= 11 is 0. The van der Waals surface area contributed by atoms with E-state index >= 15 is 0 Å². The van der Waals surface area contributed by atoms with Crippen molar-refractivity contribution in [2.75, 3.05) is 11.1 Å². The first-order valence-electron chi connectivity index (χ1n) is 4.79. The van der Waals surface area contributed by atoms with E-state index in [1.165, 1.54) is 17.7 Å². The highest BCUT2D eigenvalue weighted by Crippen LogP contribution is 2.33. The molecule has 0 saturated heterocycles. The number of rotatable bonds is 2. The van der Waals surface area contributed by atoms with Gasteiger partial charge in [-0.2, -0.15) is 0 Å². The van der Waals surface area contributed by atoms with E-state index in [2.05, 4.69) is 25.2 Å². The highest BCUT2D eigenvalue weighted by Gasteiger charge is 2.32. The third-order valence-electron chi connectivity index (χ3n) is 2.70. The van der Waals surface area contributed by atoms with Crippen LogP contribution in [0.5, 0.6) is 0 Å². The van der Waals surface area contributed by atoms with Gasteiger partial charge in [0.15, 0.2) is 0 Å². The van der Waals surface area contributed by atoms with Gasteiger partial charge in [0.05, 0.1) is 0 Å². The van der Waals surface area contributed by atoms with Gasteiger partial charge in [-0.25, -0.2) is 0 Å². The van der Waals surface area contributed by atoms with Gasteiger partial charge in [-0.05, 0) is 43.0 Å². The molecule has 0 radical (unpaired) electrons. The average molecular weight is 176 g/mol. The fourth-order valence-corrected chi connectivity index (χ4v) is 1.57. The molecule has 2 heteroatoms. The van der Waals surface area contributed by atoms with Crippen LogP contribution in [0, 0.1) is 12.8 Å². The van der Waals surface area contributed by atoms with Gasteiger partial charge in [-0.3, -0.25) is 0 Å². The molecule has 70 valence electrons. The maximum Gasteiger partial charge on any atom is 0.0373 e. The monoisotopic (exact) mass is 176 g/mol. The third-order valence-corrected chi connectivity index (χ3v) is 2.70.